The van der Waals surface area contributed by atoms with Crippen LogP contribution in [0, 0.1) is 6.92 Å². The lowest BCUT2D eigenvalue weighted by Crippen LogP contribution is -2.55. The van der Waals surface area contributed by atoms with Gasteiger partial charge >= 0.3 is 0 Å². The molecule has 1 fully saturated rings. The van der Waals surface area contributed by atoms with Crippen LogP contribution in [0.2, 0.25) is 0 Å². The fourth-order valence-electron chi connectivity index (χ4n) is 4.33. The van der Waals surface area contributed by atoms with E-state index in [2.05, 4.69) is 27.3 Å². The fraction of sp³-hybridized carbons (Fsp3) is 0.455. The highest BCUT2D eigenvalue weighted by Gasteiger charge is 2.41. The second-order valence-electron chi connectivity index (χ2n) is 7.80. The number of benzene rings is 1. The number of hydrogen-bond donors (Lipinski definition) is 1. The van der Waals surface area contributed by atoms with Gasteiger partial charge in [0, 0.05) is 13.1 Å². The summed E-state index contributed by atoms with van der Waals surface area (Å²) in [5.41, 5.74) is 5.92. The van der Waals surface area contributed by atoms with Gasteiger partial charge in [-0.1, -0.05) is 44.0 Å². The molecule has 0 saturated heterocycles. The number of carbonyl (C=O) groups excluding carboxylic acids is 1. The molecular formula is C22H28N6O. The Morgan fingerprint density at radius 3 is 2.76 bits per heavy atom. The quantitative estimate of drug-likeness (QED) is 0.620. The topological polar surface area (TPSA) is 73.7 Å². The molecule has 1 atom stereocenters. The molecule has 2 heterocycles. The van der Waals surface area contributed by atoms with Crippen molar-refractivity contribution in [2.75, 3.05) is 22.3 Å². The van der Waals surface area contributed by atoms with Gasteiger partial charge in [-0.05, 0) is 37.3 Å². The number of amides is 1. The molecule has 1 unspecified atom stereocenters. The molecule has 1 N–H and O–H groups in total. The highest BCUT2D eigenvalue weighted by molar-refractivity contribution is 6.04. The summed E-state index contributed by atoms with van der Waals surface area (Å²) in [6.45, 7) is 4.12. The SMILES string of the molecule is CCC1C(=O)N(C)c2cnc(NN=Cc3ccccc3C)nc2N1C1CCCC1. The Hall–Kier alpha value is -2.96. The molecule has 1 saturated carbocycles. The van der Waals surface area contributed by atoms with Gasteiger partial charge in [-0.3, -0.25) is 4.79 Å². The maximum absolute atomic E-state index is 12.9. The Kier molecular flexibility index (Phi) is 5.47. The molecule has 0 bridgehead atoms. The number of anilines is 3. The third kappa shape index (κ3) is 3.69. The summed E-state index contributed by atoms with van der Waals surface area (Å²) in [5, 5.41) is 4.32. The van der Waals surface area contributed by atoms with Gasteiger partial charge in [-0.25, -0.2) is 10.4 Å². The standard InChI is InChI=1S/C22H28N6O/c1-4-18-21(29)27(3)19-14-23-22(25-20(19)28(18)17-11-7-8-12-17)26-24-13-16-10-6-5-9-15(16)2/h5-6,9-10,13-14,17-18H,4,7-8,11-12H2,1-3H3,(H,23,25,26). The normalized spacial score (nSPS) is 19.8. The zero-order valence-electron chi connectivity index (χ0n) is 17.3. The van der Waals surface area contributed by atoms with E-state index in [1.54, 1.807) is 17.3 Å². The molecule has 2 aromatic rings. The van der Waals surface area contributed by atoms with Crippen molar-refractivity contribution in [2.24, 2.45) is 5.10 Å². The number of rotatable bonds is 5. The van der Waals surface area contributed by atoms with Crippen LogP contribution in [0.15, 0.2) is 35.6 Å². The molecule has 7 nitrogen and oxygen atoms in total. The van der Waals surface area contributed by atoms with Gasteiger partial charge in [0.05, 0.1) is 12.4 Å². The number of likely N-dealkylation sites (N-methyl/N-ethyl adjacent to an activating group) is 1. The van der Waals surface area contributed by atoms with Crippen molar-refractivity contribution >= 4 is 29.6 Å². The van der Waals surface area contributed by atoms with Crippen molar-refractivity contribution in [1.82, 2.24) is 9.97 Å². The highest BCUT2D eigenvalue weighted by atomic mass is 16.2. The zero-order valence-corrected chi connectivity index (χ0v) is 17.3. The molecule has 1 aliphatic heterocycles. The van der Waals surface area contributed by atoms with Crippen LogP contribution in [0.25, 0.3) is 0 Å². The van der Waals surface area contributed by atoms with Crippen LogP contribution >= 0.6 is 0 Å². The molecule has 1 aromatic carbocycles. The number of fused-ring (bicyclic) bond motifs is 1. The largest absolute Gasteiger partial charge is 0.340 e. The van der Waals surface area contributed by atoms with Crippen LogP contribution in [-0.2, 0) is 4.79 Å². The van der Waals surface area contributed by atoms with Gasteiger partial charge in [0.15, 0.2) is 5.82 Å². The monoisotopic (exact) mass is 392 g/mol. The Morgan fingerprint density at radius 1 is 1.28 bits per heavy atom. The van der Waals surface area contributed by atoms with Crippen LogP contribution in [-0.4, -0.2) is 41.2 Å². The molecule has 0 spiro atoms. The minimum Gasteiger partial charge on any atom is -0.340 e. The lowest BCUT2D eigenvalue weighted by atomic mass is 10.0. The van der Waals surface area contributed by atoms with Crippen molar-refractivity contribution in [3.8, 4) is 0 Å². The van der Waals surface area contributed by atoms with E-state index in [4.69, 9.17) is 4.98 Å². The average Bonchev–Trinajstić information content (AvgIpc) is 3.26. The number of nitrogens with zero attached hydrogens (tertiary/aromatic N) is 5. The van der Waals surface area contributed by atoms with E-state index in [1.807, 2.05) is 38.2 Å². The summed E-state index contributed by atoms with van der Waals surface area (Å²) in [6.07, 6.45) is 8.87. The number of nitrogens with one attached hydrogen (secondary N) is 1. The number of hydrogen-bond acceptors (Lipinski definition) is 6. The smallest absolute Gasteiger partial charge is 0.249 e. The van der Waals surface area contributed by atoms with Crippen LogP contribution in [0.3, 0.4) is 0 Å². The van der Waals surface area contributed by atoms with E-state index in [0.29, 0.717) is 12.0 Å². The number of aryl methyl sites for hydroxylation is 1. The third-order valence-corrected chi connectivity index (χ3v) is 5.97. The van der Waals surface area contributed by atoms with Crippen LogP contribution in [0.5, 0.6) is 0 Å². The second kappa shape index (κ2) is 8.19. The summed E-state index contributed by atoms with van der Waals surface area (Å²) in [4.78, 5) is 26.0. The van der Waals surface area contributed by atoms with E-state index in [9.17, 15) is 4.79 Å². The molecular weight excluding hydrogens is 364 g/mol. The maximum atomic E-state index is 12.9. The summed E-state index contributed by atoms with van der Waals surface area (Å²) < 4.78 is 0. The predicted molar refractivity (Wildman–Crippen MR) is 117 cm³/mol. The van der Waals surface area contributed by atoms with Crippen LogP contribution in [0.4, 0.5) is 17.5 Å². The first-order valence-corrected chi connectivity index (χ1v) is 10.4. The predicted octanol–water partition coefficient (Wildman–Crippen LogP) is 3.74. The van der Waals surface area contributed by atoms with Gasteiger partial charge in [-0.2, -0.15) is 10.1 Å². The Labute approximate surface area is 171 Å². The summed E-state index contributed by atoms with van der Waals surface area (Å²) in [6, 6.07) is 8.24. The highest BCUT2D eigenvalue weighted by Crippen LogP contribution is 2.39. The number of aromatic nitrogens is 2. The summed E-state index contributed by atoms with van der Waals surface area (Å²) in [7, 11) is 1.81. The van der Waals surface area contributed by atoms with E-state index < -0.39 is 0 Å². The zero-order chi connectivity index (χ0) is 20.4. The molecule has 152 valence electrons. The first kappa shape index (κ1) is 19.4. The molecule has 7 heteroatoms. The molecule has 29 heavy (non-hydrogen) atoms. The van der Waals surface area contributed by atoms with Crippen molar-refractivity contribution < 1.29 is 4.79 Å². The van der Waals surface area contributed by atoms with Gasteiger partial charge in [0.1, 0.15) is 11.7 Å². The van der Waals surface area contributed by atoms with Crippen LogP contribution < -0.4 is 15.2 Å². The third-order valence-electron chi connectivity index (χ3n) is 5.97. The first-order chi connectivity index (χ1) is 14.1. The van der Waals surface area contributed by atoms with E-state index in [-0.39, 0.29) is 11.9 Å². The van der Waals surface area contributed by atoms with Crippen molar-refractivity contribution in [1.29, 1.82) is 0 Å². The van der Waals surface area contributed by atoms with Gasteiger partial charge in [-0.15, -0.1) is 0 Å². The molecule has 4 rings (SSSR count). The molecule has 0 radical (unpaired) electrons. The number of carbonyl (C=O) groups is 1. The van der Waals surface area contributed by atoms with Gasteiger partial charge in [0.25, 0.3) is 0 Å². The molecule has 1 amide bonds. The fourth-order valence-corrected chi connectivity index (χ4v) is 4.33. The van der Waals surface area contributed by atoms with E-state index in [0.717, 1.165) is 41.9 Å². The average molecular weight is 393 g/mol. The first-order valence-electron chi connectivity index (χ1n) is 10.4. The minimum absolute atomic E-state index is 0.119. The summed E-state index contributed by atoms with van der Waals surface area (Å²) in [5.74, 6) is 1.39. The van der Waals surface area contributed by atoms with Gasteiger partial charge < -0.3 is 9.80 Å². The van der Waals surface area contributed by atoms with E-state index >= 15 is 0 Å². The van der Waals surface area contributed by atoms with Crippen molar-refractivity contribution in [3.05, 3.63) is 41.6 Å². The van der Waals surface area contributed by atoms with Crippen LogP contribution in [0.1, 0.15) is 50.2 Å². The minimum atomic E-state index is -0.172. The van der Waals surface area contributed by atoms with Gasteiger partial charge in [0.2, 0.25) is 11.9 Å². The second-order valence-corrected chi connectivity index (χ2v) is 7.80. The van der Waals surface area contributed by atoms with E-state index in [1.165, 1.54) is 12.8 Å². The Bertz CT molecular complexity index is 921. The molecule has 1 aliphatic carbocycles. The Morgan fingerprint density at radius 2 is 2.03 bits per heavy atom. The maximum Gasteiger partial charge on any atom is 0.249 e. The summed E-state index contributed by atoms with van der Waals surface area (Å²) >= 11 is 0. The lowest BCUT2D eigenvalue weighted by molar-refractivity contribution is -0.120. The number of hydrazone groups is 1. The molecule has 1 aromatic heterocycles. The van der Waals surface area contributed by atoms with Crippen molar-refractivity contribution in [3.63, 3.8) is 0 Å². The molecule has 2 aliphatic rings. The van der Waals surface area contributed by atoms with Crippen molar-refractivity contribution in [2.45, 2.75) is 58.0 Å². The lowest BCUT2D eigenvalue weighted by Gasteiger charge is -2.43. The Balaban J connectivity index is 1.64.